The minimum Gasteiger partial charge on any atom is -0.504 e. The van der Waals surface area contributed by atoms with E-state index in [9.17, 15) is 24.5 Å². The average Bonchev–Trinajstić information content (AvgIpc) is 2.45. The second-order valence-electron chi connectivity index (χ2n) is 4.46. The molecule has 0 fully saturated rings. The van der Waals surface area contributed by atoms with Crippen LogP contribution in [-0.2, 0) is 0 Å². The number of aromatic hydroxyl groups is 3. The third kappa shape index (κ3) is 2.06. The molecule has 1 aromatic heterocycles. The maximum Gasteiger partial charge on any atom is 0.235 e. The molecule has 3 N–H and O–H groups in total. The van der Waals surface area contributed by atoms with Gasteiger partial charge in [0.15, 0.2) is 17.3 Å². The summed E-state index contributed by atoms with van der Waals surface area (Å²) in [5, 5.41) is 28.7. The second kappa shape index (κ2) is 4.52. The molecular weight excluding hydrogens is 279 g/mol. The van der Waals surface area contributed by atoms with Gasteiger partial charge in [-0.15, -0.1) is 0 Å². The van der Waals surface area contributed by atoms with Crippen molar-refractivity contribution in [3.63, 3.8) is 0 Å². The van der Waals surface area contributed by atoms with Gasteiger partial charge in [0.2, 0.25) is 11.2 Å². The van der Waals surface area contributed by atoms with Crippen LogP contribution >= 0.6 is 0 Å². The lowest BCUT2D eigenvalue weighted by Crippen LogP contribution is -2.02. The first-order chi connectivity index (χ1) is 9.97. The molecule has 0 saturated heterocycles. The number of halogens is 1. The standard InChI is InChI=1S/C15H9FO5/c16-8-3-1-2-7(4-8)15-14(20)13(19)9-5-10(17)11(18)6-12(9)21-15/h1-6,17-18,20H. The number of phenols is 2. The summed E-state index contributed by atoms with van der Waals surface area (Å²) in [6.45, 7) is 0. The van der Waals surface area contributed by atoms with Gasteiger partial charge in [-0.05, 0) is 18.2 Å². The minimum atomic E-state index is -0.786. The van der Waals surface area contributed by atoms with Gasteiger partial charge in [0, 0.05) is 11.6 Å². The van der Waals surface area contributed by atoms with Crippen molar-refractivity contribution in [2.75, 3.05) is 0 Å². The van der Waals surface area contributed by atoms with Crippen LogP contribution in [0.25, 0.3) is 22.3 Å². The molecule has 0 aliphatic rings. The van der Waals surface area contributed by atoms with E-state index in [-0.39, 0.29) is 22.3 Å². The number of fused-ring (bicyclic) bond motifs is 1. The zero-order valence-corrected chi connectivity index (χ0v) is 10.5. The summed E-state index contributed by atoms with van der Waals surface area (Å²) >= 11 is 0. The van der Waals surface area contributed by atoms with Crippen molar-refractivity contribution < 1.29 is 24.1 Å². The molecule has 6 heteroatoms. The van der Waals surface area contributed by atoms with E-state index >= 15 is 0 Å². The van der Waals surface area contributed by atoms with Crippen molar-refractivity contribution in [3.05, 3.63) is 52.4 Å². The summed E-state index contributed by atoms with van der Waals surface area (Å²) in [6, 6.07) is 7.23. The molecule has 0 amide bonds. The molecule has 0 aliphatic carbocycles. The molecule has 0 bridgehead atoms. The van der Waals surface area contributed by atoms with Crippen LogP contribution in [0.3, 0.4) is 0 Å². The first-order valence-electron chi connectivity index (χ1n) is 5.95. The molecule has 106 valence electrons. The lowest BCUT2D eigenvalue weighted by molar-refractivity contribution is 0.403. The topological polar surface area (TPSA) is 90.9 Å². The fraction of sp³-hybridized carbons (Fsp3) is 0. The van der Waals surface area contributed by atoms with Crippen molar-refractivity contribution in [2.24, 2.45) is 0 Å². The predicted octanol–water partition coefficient (Wildman–Crippen LogP) is 2.72. The van der Waals surface area contributed by atoms with Crippen molar-refractivity contribution in [3.8, 4) is 28.6 Å². The monoisotopic (exact) mass is 288 g/mol. The zero-order chi connectivity index (χ0) is 15.1. The molecule has 2 aromatic carbocycles. The molecule has 0 aliphatic heterocycles. The summed E-state index contributed by atoms with van der Waals surface area (Å²) in [7, 11) is 0. The van der Waals surface area contributed by atoms with E-state index in [2.05, 4.69) is 0 Å². The molecular formula is C15H9FO5. The van der Waals surface area contributed by atoms with E-state index in [1.54, 1.807) is 0 Å². The van der Waals surface area contributed by atoms with Crippen molar-refractivity contribution in [1.29, 1.82) is 0 Å². The highest BCUT2D eigenvalue weighted by Gasteiger charge is 2.17. The van der Waals surface area contributed by atoms with Crippen molar-refractivity contribution in [2.45, 2.75) is 0 Å². The number of phenolic OH excluding ortho intramolecular Hbond substituents is 2. The molecule has 3 aromatic rings. The van der Waals surface area contributed by atoms with E-state index in [0.29, 0.717) is 0 Å². The van der Waals surface area contributed by atoms with E-state index in [0.717, 1.165) is 18.2 Å². The predicted molar refractivity (Wildman–Crippen MR) is 72.9 cm³/mol. The quantitative estimate of drug-likeness (QED) is 0.599. The van der Waals surface area contributed by atoms with Crippen LogP contribution in [0, 0.1) is 5.82 Å². The van der Waals surface area contributed by atoms with Crippen molar-refractivity contribution >= 4 is 11.0 Å². The molecule has 0 radical (unpaired) electrons. The smallest absolute Gasteiger partial charge is 0.235 e. The maximum absolute atomic E-state index is 13.2. The molecule has 5 nitrogen and oxygen atoms in total. The summed E-state index contributed by atoms with van der Waals surface area (Å²) in [4.78, 5) is 12.1. The van der Waals surface area contributed by atoms with Gasteiger partial charge in [-0.25, -0.2) is 4.39 Å². The summed E-state index contributed by atoms with van der Waals surface area (Å²) in [6.07, 6.45) is 0. The molecule has 0 spiro atoms. The van der Waals surface area contributed by atoms with Crippen LogP contribution in [0.4, 0.5) is 4.39 Å². The Bertz CT molecular complexity index is 914. The van der Waals surface area contributed by atoms with Crippen LogP contribution in [0.1, 0.15) is 0 Å². The third-order valence-corrected chi connectivity index (χ3v) is 3.05. The largest absolute Gasteiger partial charge is 0.504 e. The number of rotatable bonds is 1. The van der Waals surface area contributed by atoms with E-state index in [1.807, 2.05) is 0 Å². The Morgan fingerprint density at radius 1 is 1.00 bits per heavy atom. The normalized spacial score (nSPS) is 10.9. The van der Waals surface area contributed by atoms with Gasteiger partial charge >= 0.3 is 0 Å². The fourth-order valence-electron chi connectivity index (χ4n) is 2.03. The first-order valence-corrected chi connectivity index (χ1v) is 5.95. The molecule has 21 heavy (non-hydrogen) atoms. The summed E-state index contributed by atoms with van der Waals surface area (Å²) in [5.41, 5.74) is -0.641. The minimum absolute atomic E-state index is 0.0349. The van der Waals surface area contributed by atoms with Crippen LogP contribution in [-0.4, -0.2) is 15.3 Å². The Morgan fingerprint density at radius 2 is 1.71 bits per heavy atom. The Labute approximate surface area is 117 Å². The number of hydrogen-bond acceptors (Lipinski definition) is 5. The highest BCUT2D eigenvalue weighted by atomic mass is 19.1. The van der Waals surface area contributed by atoms with Crippen LogP contribution in [0.2, 0.25) is 0 Å². The van der Waals surface area contributed by atoms with Gasteiger partial charge in [-0.3, -0.25) is 4.79 Å². The lowest BCUT2D eigenvalue weighted by atomic mass is 10.1. The molecule has 0 atom stereocenters. The number of benzene rings is 2. The average molecular weight is 288 g/mol. The molecule has 3 rings (SSSR count). The number of hydrogen-bond donors (Lipinski definition) is 3. The van der Waals surface area contributed by atoms with Gasteiger partial charge < -0.3 is 19.7 Å². The maximum atomic E-state index is 13.2. The second-order valence-corrected chi connectivity index (χ2v) is 4.46. The highest BCUT2D eigenvalue weighted by Crippen LogP contribution is 2.34. The van der Waals surface area contributed by atoms with Gasteiger partial charge in [-0.1, -0.05) is 12.1 Å². The van der Waals surface area contributed by atoms with Gasteiger partial charge in [0.05, 0.1) is 5.39 Å². The summed E-state index contributed by atoms with van der Waals surface area (Å²) < 4.78 is 18.6. The lowest BCUT2D eigenvalue weighted by Gasteiger charge is -2.07. The van der Waals surface area contributed by atoms with E-state index in [4.69, 9.17) is 4.42 Å². The molecule has 1 heterocycles. The van der Waals surface area contributed by atoms with Gasteiger partial charge in [-0.2, -0.15) is 0 Å². The third-order valence-electron chi connectivity index (χ3n) is 3.05. The van der Waals surface area contributed by atoms with E-state index in [1.165, 1.54) is 18.2 Å². The van der Waals surface area contributed by atoms with Crippen LogP contribution in [0.5, 0.6) is 17.2 Å². The first kappa shape index (κ1) is 13.0. The van der Waals surface area contributed by atoms with Crippen LogP contribution in [0.15, 0.2) is 45.6 Å². The Morgan fingerprint density at radius 3 is 2.43 bits per heavy atom. The summed E-state index contributed by atoms with van der Waals surface area (Å²) in [5.74, 6) is -2.44. The Hall–Kier alpha value is -3.02. The Balaban J connectivity index is 2.37. The van der Waals surface area contributed by atoms with E-state index < -0.39 is 28.5 Å². The van der Waals surface area contributed by atoms with Gasteiger partial charge in [0.1, 0.15) is 11.4 Å². The van der Waals surface area contributed by atoms with Gasteiger partial charge in [0.25, 0.3) is 0 Å². The van der Waals surface area contributed by atoms with Crippen LogP contribution < -0.4 is 5.43 Å². The fourth-order valence-corrected chi connectivity index (χ4v) is 2.03. The SMILES string of the molecule is O=c1c(O)c(-c2cccc(F)c2)oc2cc(O)c(O)cc12. The highest BCUT2D eigenvalue weighted by molar-refractivity contribution is 5.84. The zero-order valence-electron chi connectivity index (χ0n) is 10.5. The Kier molecular flexibility index (Phi) is 2.79. The molecule has 0 unspecified atom stereocenters. The molecule has 0 saturated carbocycles. The van der Waals surface area contributed by atoms with Crippen molar-refractivity contribution in [1.82, 2.24) is 0 Å².